The van der Waals surface area contributed by atoms with E-state index in [1.54, 1.807) is 0 Å². The van der Waals surface area contributed by atoms with E-state index in [1.807, 2.05) is 27.7 Å². The number of nitrogens with one attached hydrogen (secondary N) is 1. The number of unbranched alkanes of at least 4 members (excludes halogenated alkanes) is 1. The van der Waals surface area contributed by atoms with Crippen molar-refractivity contribution in [2.24, 2.45) is 5.92 Å². The summed E-state index contributed by atoms with van der Waals surface area (Å²) in [5.74, 6) is 0.907. The summed E-state index contributed by atoms with van der Waals surface area (Å²) in [6.07, 6.45) is 7.94. The van der Waals surface area contributed by atoms with Gasteiger partial charge >= 0.3 is 0 Å². The first kappa shape index (κ1) is 27.3. The predicted molar refractivity (Wildman–Crippen MR) is 95.1 cm³/mol. The van der Waals surface area contributed by atoms with Crippen LogP contribution in [0.15, 0.2) is 0 Å². The minimum Gasteiger partial charge on any atom is -0.317 e. The molecule has 0 rings (SSSR count). The highest BCUT2D eigenvalue weighted by Gasteiger charge is 1.98. The Bertz CT molecular complexity index is 89.7. The van der Waals surface area contributed by atoms with E-state index in [0.29, 0.717) is 0 Å². The van der Waals surface area contributed by atoms with E-state index < -0.39 is 0 Å². The smallest absolute Gasteiger partial charge is 0.00464 e. The Morgan fingerprint density at radius 3 is 1.42 bits per heavy atom. The molecular weight excluding hydrogens is 230 g/mol. The van der Waals surface area contributed by atoms with Gasteiger partial charge in [-0.15, -0.1) is 0 Å². The maximum Gasteiger partial charge on any atom is -0.00464 e. The van der Waals surface area contributed by atoms with Gasteiger partial charge in [-0.1, -0.05) is 88.0 Å². The Balaban J connectivity index is -0.000000118. The molecular formula is C18H45N. The molecule has 122 valence electrons. The zero-order valence-electron chi connectivity index (χ0n) is 15.7. The SMILES string of the molecule is CC.CC.CCCC.CCCNCCC(C)CCC. The molecule has 0 aromatic rings. The minimum atomic E-state index is 0.907. The molecule has 19 heavy (non-hydrogen) atoms. The van der Waals surface area contributed by atoms with Crippen molar-refractivity contribution in [2.45, 2.75) is 101 Å². The maximum atomic E-state index is 3.42. The fourth-order valence-corrected chi connectivity index (χ4v) is 1.29. The molecule has 0 saturated carbocycles. The molecule has 0 aliphatic heterocycles. The zero-order valence-corrected chi connectivity index (χ0v) is 15.7. The van der Waals surface area contributed by atoms with E-state index in [-0.39, 0.29) is 0 Å². The Kier molecular flexibility index (Phi) is 51.9. The van der Waals surface area contributed by atoms with Gasteiger partial charge in [0.25, 0.3) is 0 Å². The normalized spacial score (nSPS) is 9.95. The third kappa shape index (κ3) is 46.1. The van der Waals surface area contributed by atoms with E-state index >= 15 is 0 Å². The molecule has 0 amide bonds. The molecule has 0 radical (unpaired) electrons. The van der Waals surface area contributed by atoms with Crippen LogP contribution in [0.1, 0.15) is 101 Å². The molecule has 0 aliphatic rings. The van der Waals surface area contributed by atoms with Crippen LogP contribution in [0, 0.1) is 5.92 Å². The van der Waals surface area contributed by atoms with E-state index in [1.165, 1.54) is 51.6 Å². The second-order valence-electron chi connectivity index (χ2n) is 4.43. The van der Waals surface area contributed by atoms with Crippen LogP contribution in [0.5, 0.6) is 0 Å². The van der Waals surface area contributed by atoms with Gasteiger partial charge in [0.1, 0.15) is 0 Å². The average Bonchev–Trinajstić information content (AvgIpc) is 2.48. The van der Waals surface area contributed by atoms with E-state index in [9.17, 15) is 0 Å². The minimum absolute atomic E-state index is 0.907. The molecule has 1 nitrogen and oxygen atoms in total. The Morgan fingerprint density at radius 1 is 0.632 bits per heavy atom. The molecule has 1 heteroatoms. The lowest BCUT2D eigenvalue weighted by Gasteiger charge is -2.09. The van der Waals surface area contributed by atoms with Crippen LogP contribution < -0.4 is 5.32 Å². The second kappa shape index (κ2) is 36.1. The highest BCUT2D eigenvalue weighted by atomic mass is 14.8. The molecule has 0 fully saturated rings. The van der Waals surface area contributed by atoms with Crippen molar-refractivity contribution in [3.8, 4) is 0 Å². The predicted octanol–water partition coefficient (Wildman–Crippen LogP) is 6.67. The topological polar surface area (TPSA) is 12.0 Å². The molecule has 1 unspecified atom stereocenters. The summed E-state index contributed by atoms with van der Waals surface area (Å²) in [5.41, 5.74) is 0. The summed E-state index contributed by atoms with van der Waals surface area (Å²) in [5, 5.41) is 3.42. The average molecular weight is 276 g/mol. The zero-order chi connectivity index (χ0) is 15.9. The number of rotatable bonds is 8. The van der Waals surface area contributed by atoms with Gasteiger partial charge in [-0.2, -0.15) is 0 Å². The van der Waals surface area contributed by atoms with Crippen LogP contribution in [-0.4, -0.2) is 13.1 Å². The van der Waals surface area contributed by atoms with E-state index in [2.05, 4.69) is 39.9 Å². The van der Waals surface area contributed by atoms with Crippen molar-refractivity contribution in [1.29, 1.82) is 0 Å². The third-order valence-electron chi connectivity index (χ3n) is 2.52. The quantitative estimate of drug-likeness (QED) is 0.488. The third-order valence-corrected chi connectivity index (χ3v) is 2.52. The lowest BCUT2D eigenvalue weighted by atomic mass is 10.0. The first-order valence-electron chi connectivity index (χ1n) is 8.93. The molecule has 0 bridgehead atoms. The standard InChI is InChI=1S/C10H23N.C4H10.2C2H6/c1-4-6-10(3)7-9-11-8-5-2;1-3-4-2;2*1-2/h10-11H,4-9H2,1-3H3;3-4H2,1-2H3;2*1-2H3. The monoisotopic (exact) mass is 275 g/mol. The summed E-state index contributed by atoms with van der Waals surface area (Å²) >= 11 is 0. The van der Waals surface area contributed by atoms with Crippen molar-refractivity contribution < 1.29 is 0 Å². The van der Waals surface area contributed by atoms with Gasteiger partial charge in [0.05, 0.1) is 0 Å². The van der Waals surface area contributed by atoms with Crippen LogP contribution in [0.2, 0.25) is 0 Å². The summed E-state index contributed by atoms with van der Waals surface area (Å²) in [7, 11) is 0. The van der Waals surface area contributed by atoms with Crippen LogP contribution in [0.4, 0.5) is 0 Å². The molecule has 0 spiro atoms. The highest BCUT2D eigenvalue weighted by molar-refractivity contribution is 4.54. The maximum absolute atomic E-state index is 3.42. The molecule has 0 aromatic heterocycles. The van der Waals surface area contributed by atoms with Crippen molar-refractivity contribution in [2.75, 3.05) is 13.1 Å². The fourth-order valence-electron chi connectivity index (χ4n) is 1.29. The summed E-state index contributed by atoms with van der Waals surface area (Å²) in [6.45, 7) is 21.6. The molecule has 1 atom stereocenters. The second-order valence-corrected chi connectivity index (χ2v) is 4.43. The molecule has 0 heterocycles. The largest absolute Gasteiger partial charge is 0.317 e. The fraction of sp³-hybridized carbons (Fsp3) is 1.00. The lowest BCUT2D eigenvalue weighted by Crippen LogP contribution is -2.17. The van der Waals surface area contributed by atoms with Gasteiger partial charge in [0.2, 0.25) is 0 Å². The van der Waals surface area contributed by atoms with Crippen LogP contribution >= 0.6 is 0 Å². The first-order valence-corrected chi connectivity index (χ1v) is 8.93. The van der Waals surface area contributed by atoms with Crippen LogP contribution in [0.3, 0.4) is 0 Å². The molecule has 1 N–H and O–H groups in total. The van der Waals surface area contributed by atoms with Crippen molar-refractivity contribution >= 4 is 0 Å². The van der Waals surface area contributed by atoms with Crippen LogP contribution in [0.25, 0.3) is 0 Å². The summed E-state index contributed by atoms with van der Waals surface area (Å²) in [4.78, 5) is 0. The summed E-state index contributed by atoms with van der Waals surface area (Å²) in [6, 6.07) is 0. The van der Waals surface area contributed by atoms with Crippen molar-refractivity contribution in [3.05, 3.63) is 0 Å². The number of hydrogen-bond acceptors (Lipinski definition) is 1. The molecule has 0 saturated heterocycles. The Morgan fingerprint density at radius 2 is 1.11 bits per heavy atom. The van der Waals surface area contributed by atoms with Gasteiger partial charge in [0, 0.05) is 0 Å². The van der Waals surface area contributed by atoms with E-state index in [4.69, 9.17) is 0 Å². The molecule has 0 aliphatic carbocycles. The van der Waals surface area contributed by atoms with E-state index in [0.717, 1.165) is 5.92 Å². The lowest BCUT2D eigenvalue weighted by molar-refractivity contribution is 0.465. The number of hydrogen-bond donors (Lipinski definition) is 1. The first-order chi connectivity index (χ1) is 9.22. The van der Waals surface area contributed by atoms with Gasteiger partial charge in [-0.3, -0.25) is 0 Å². The van der Waals surface area contributed by atoms with Gasteiger partial charge in [-0.25, -0.2) is 0 Å². The van der Waals surface area contributed by atoms with Gasteiger partial charge in [0.15, 0.2) is 0 Å². The van der Waals surface area contributed by atoms with Crippen LogP contribution in [-0.2, 0) is 0 Å². The van der Waals surface area contributed by atoms with Crippen molar-refractivity contribution in [3.63, 3.8) is 0 Å². The highest BCUT2D eigenvalue weighted by Crippen LogP contribution is 2.07. The van der Waals surface area contributed by atoms with Gasteiger partial charge in [-0.05, 0) is 31.8 Å². The summed E-state index contributed by atoms with van der Waals surface area (Å²) < 4.78 is 0. The van der Waals surface area contributed by atoms with Crippen molar-refractivity contribution in [1.82, 2.24) is 5.32 Å². The Labute approximate surface area is 126 Å². The van der Waals surface area contributed by atoms with Gasteiger partial charge < -0.3 is 5.32 Å². The Hall–Kier alpha value is -0.0400. The molecule has 0 aromatic carbocycles.